The van der Waals surface area contributed by atoms with Gasteiger partial charge in [-0.1, -0.05) is 39.8 Å². The summed E-state index contributed by atoms with van der Waals surface area (Å²) in [5.41, 5.74) is 1.31. The van der Waals surface area contributed by atoms with Gasteiger partial charge < -0.3 is 19.5 Å². The van der Waals surface area contributed by atoms with Gasteiger partial charge in [0.05, 0.1) is 19.3 Å². The first-order chi connectivity index (χ1) is 11.9. The maximum absolute atomic E-state index is 10.2. The fourth-order valence-corrected chi connectivity index (χ4v) is 3.68. The van der Waals surface area contributed by atoms with Gasteiger partial charge in [-0.3, -0.25) is 0 Å². The molecule has 1 aromatic rings. The lowest BCUT2D eigenvalue weighted by atomic mass is 9.92. The molecule has 0 aliphatic carbocycles. The average Bonchev–Trinajstić information content (AvgIpc) is 2.54. The van der Waals surface area contributed by atoms with Crippen LogP contribution in [-0.4, -0.2) is 55.6 Å². The van der Waals surface area contributed by atoms with Crippen LogP contribution in [0, 0.1) is 11.8 Å². The van der Waals surface area contributed by atoms with Gasteiger partial charge in [0.25, 0.3) is 0 Å². The molecule has 142 valence electrons. The molecule has 1 saturated heterocycles. The van der Waals surface area contributed by atoms with Crippen molar-refractivity contribution >= 4 is 0 Å². The van der Waals surface area contributed by atoms with E-state index in [9.17, 15) is 5.11 Å². The zero-order chi connectivity index (χ0) is 18.2. The fourth-order valence-electron chi connectivity index (χ4n) is 3.68. The lowest BCUT2D eigenvalue weighted by Crippen LogP contribution is -2.43. The van der Waals surface area contributed by atoms with Crippen LogP contribution >= 0.6 is 0 Å². The average molecular weight is 350 g/mol. The topological polar surface area (TPSA) is 41.9 Å². The summed E-state index contributed by atoms with van der Waals surface area (Å²) in [6.07, 6.45) is 0.862. The van der Waals surface area contributed by atoms with E-state index in [2.05, 4.69) is 44.7 Å². The first kappa shape index (κ1) is 20.2. The molecule has 1 aliphatic heterocycles. The van der Waals surface area contributed by atoms with Crippen molar-refractivity contribution in [3.05, 3.63) is 29.8 Å². The van der Waals surface area contributed by atoms with Crippen LogP contribution in [0.5, 0.6) is 5.75 Å². The number of rotatable bonds is 9. The van der Waals surface area contributed by atoms with Crippen LogP contribution in [0.3, 0.4) is 0 Å². The van der Waals surface area contributed by atoms with E-state index in [1.165, 1.54) is 12.0 Å². The molecule has 1 N–H and O–H groups in total. The second-order valence-corrected chi connectivity index (χ2v) is 7.97. The monoisotopic (exact) mass is 349 g/mol. The smallest absolute Gasteiger partial charge is 0.119 e. The Morgan fingerprint density at radius 2 is 1.72 bits per heavy atom. The Kier molecular flexibility index (Phi) is 8.20. The van der Waals surface area contributed by atoms with E-state index in [1.54, 1.807) is 0 Å². The van der Waals surface area contributed by atoms with Crippen molar-refractivity contribution in [3.63, 3.8) is 0 Å². The molecule has 0 aromatic heterocycles. The fraction of sp³-hybridized carbons (Fsp3) is 0.714. The zero-order valence-electron chi connectivity index (χ0n) is 16.3. The van der Waals surface area contributed by atoms with Gasteiger partial charge in [-0.15, -0.1) is 0 Å². The van der Waals surface area contributed by atoms with E-state index in [1.807, 2.05) is 12.1 Å². The predicted molar refractivity (Wildman–Crippen MR) is 102 cm³/mol. The summed E-state index contributed by atoms with van der Waals surface area (Å²) in [6.45, 7) is 13.2. The summed E-state index contributed by atoms with van der Waals surface area (Å²) in [4.78, 5) is 2.36. The van der Waals surface area contributed by atoms with Gasteiger partial charge in [-0.2, -0.15) is 0 Å². The first-order valence-electron chi connectivity index (χ1n) is 9.65. The van der Waals surface area contributed by atoms with Crippen LogP contribution in [-0.2, 0) is 4.74 Å². The highest BCUT2D eigenvalue weighted by atomic mass is 16.5. The number of piperidine rings is 1. The number of likely N-dealkylation sites (tertiary alicyclic amines) is 1. The van der Waals surface area contributed by atoms with Crippen molar-refractivity contribution in [2.75, 3.05) is 39.5 Å². The first-order valence-corrected chi connectivity index (χ1v) is 9.65. The summed E-state index contributed by atoms with van der Waals surface area (Å²) in [7, 11) is 0. The molecule has 3 atom stereocenters. The standard InChI is InChI=1S/C21H35NO3/c1-16(2)19-5-7-21(8-6-19)25-10-9-24-15-20(23)14-22-12-17(3)11-18(4)13-22/h5-8,16-18,20,23H,9-15H2,1-4H3/t17-,18+,20-/m0/s1. The zero-order valence-corrected chi connectivity index (χ0v) is 16.3. The summed E-state index contributed by atoms with van der Waals surface area (Å²) in [5, 5.41) is 10.2. The molecule has 0 amide bonds. The third-order valence-corrected chi connectivity index (χ3v) is 4.77. The second kappa shape index (κ2) is 10.1. The van der Waals surface area contributed by atoms with Crippen LogP contribution < -0.4 is 4.74 Å². The van der Waals surface area contributed by atoms with Crippen molar-refractivity contribution in [1.82, 2.24) is 4.90 Å². The van der Waals surface area contributed by atoms with Gasteiger partial charge >= 0.3 is 0 Å². The highest BCUT2D eigenvalue weighted by Gasteiger charge is 2.23. The number of benzene rings is 1. The van der Waals surface area contributed by atoms with E-state index in [-0.39, 0.29) is 0 Å². The highest BCUT2D eigenvalue weighted by Crippen LogP contribution is 2.21. The molecular weight excluding hydrogens is 314 g/mol. The molecule has 0 unspecified atom stereocenters. The largest absolute Gasteiger partial charge is 0.491 e. The maximum Gasteiger partial charge on any atom is 0.119 e. The number of aliphatic hydroxyl groups excluding tert-OH is 1. The molecule has 1 aliphatic rings. The number of nitrogens with zero attached hydrogens (tertiary/aromatic N) is 1. The van der Waals surface area contributed by atoms with Crippen molar-refractivity contribution in [2.24, 2.45) is 11.8 Å². The van der Waals surface area contributed by atoms with Gasteiger partial charge in [0, 0.05) is 19.6 Å². The van der Waals surface area contributed by atoms with Gasteiger partial charge in [0.15, 0.2) is 0 Å². The quantitative estimate of drug-likeness (QED) is 0.693. The number of hydrogen-bond acceptors (Lipinski definition) is 4. The van der Waals surface area contributed by atoms with E-state index in [4.69, 9.17) is 9.47 Å². The molecule has 1 heterocycles. The molecule has 4 nitrogen and oxygen atoms in total. The SMILES string of the molecule is CC(C)c1ccc(OCCOC[C@@H](O)CN2C[C@H](C)C[C@H](C)C2)cc1. The number of ether oxygens (including phenoxy) is 2. The maximum atomic E-state index is 10.2. The number of aliphatic hydroxyl groups is 1. The van der Waals surface area contributed by atoms with Crippen LogP contribution in [0.4, 0.5) is 0 Å². The molecule has 0 saturated carbocycles. The Balaban J connectivity index is 1.57. The Bertz CT molecular complexity index is 478. The summed E-state index contributed by atoms with van der Waals surface area (Å²) >= 11 is 0. The minimum atomic E-state index is -0.428. The van der Waals surface area contributed by atoms with Crippen LogP contribution in [0.1, 0.15) is 45.6 Å². The summed E-state index contributed by atoms with van der Waals surface area (Å²) in [5.74, 6) is 2.83. The molecule has 4 heteroatoms. The van der Waals surface area contributed by atoms with Crippen LogP contribution in [0.2, 0.25) is 0 Å². The Hall–Kier alpha value is -1.10. The lowest BCUT2D eigenvalue weighted by Gasteiger charge is -2.35. The summed E-state index contributed by atoms with van der Waals surface area (Å²) in [6, 6.07) is 8.21. The van der Waals surface area contributed by atoms with Crippen LogP contribution in [0.25, 0.3) is 0 Å². The molecule has 1 fully saturated rings. The lowest BCUT2D eigenvalue weighted by molar-refractivity contribution is -0.00211. The second-order valence-electron chi connectivity index (χ2n) is 7.97. The Morgan fingerprint density at radius 1 is 1.08 bits per heavy atom. The molecule has 2 rings (SSSR count). The molecule has 0 radical (unpaired) electrons. The van der Waals surface area contributed by atoms with Crippen molar-refractivity contribution in [3.8, 4) is 5.75 Å². The predicted octanol–water partition coefficient (Wildman–Crippen LogP) is 3.54. The summed E-state index contributed by atoms with van der Waals surface area (Å²) < 4.78 is 11.3. The molecule has 25 heavy (non-hydrogen) atoms. The molecular formula is C21H35NO3. The Labute approximate surface area is 153 Å². The third-order valence-electron chi connectivity index (χ3n) is 4.77. The van der Waals surface area contributed by atoms with Crippen molar-refractivity contribution in [2.45, 2.75) is 46.1 Å². The van der Waals surface area contributed by atoms with Gasteiger partial charge in [-0.05, 0) is 41.9 Å². The van der Waals surface area contributed by atoms with Gasteiger partial charge in [0.2, 0.25) is 0 Å². The minimum Gasteiger partial charge on any atom is -0.491 e. The van der Waals surface area contributed by atoms with E-state index in [0.29, 0.717) is 44.1 Å². The van der Waals surface area contributed by atoms with E-state index < -0.39 is 6.10 Å². The van der Waals surface area contributed by atoms with Crippen LogP contribution in [0.15, 0.2) is 24.3 Å². The minimum absolute atomic E-state index is 0.370. The van der Waals surface area contributed by atoms with E-state index >= 15 is 0 Å². The highest BCUT2D eigenvalue weighted by molar-refractivity contribution is 5.28. The molecule has 0 spiro atoms. The third kappa shape index (κ3) is 7.35. The molecule has 1 aromatic carbocycles. The molecule has 0 bridgehead atoms. The normalized spacial score (nSPS) is 23.0. The number of β-amino-alcohol motifs (C(OH)–C–C–N with tert-alkyl or cyclic N) is 1. The number of hydrogen-bond donors (Lipinski definition) is 1. The Morgan fingerprint density at radius 3 is 2.32 bits per heavy atom. The van der Waals surface area contributed by atoms with Crippen molar-refractivity contribution in [1.29, 1.82) is 0 Å². The van der Waals surface area contributed by atoms with Crippen molar-refractivity contribution < 1.29 is 14.6 Å². The van der Waals surface area contributed by atoms with E-state index in [0.717, 1.165) is 18.8 Å². The van der Waals surface area contributed by atoms with Gasteiger partial charge in [-0.25, -0.2) is 0 Å². The van der Waals surface area contributed by atoms with Gasteiger partial charge in [0.1, 0.15) is 12.4 Å².